The molecule has 174 valence electrons. The Morgan fingerprint density at radius 1 is 1.15 bits per heavy atom. The molecule has 1 aromatic heterocycles. The second kappa shape index (κ2) is 11.4. The number of nitrogens with one attached hydrogen (secondary N) is 3. The predicted octanol–water partition coefficient (Wildman–Crippen LogP) is 2.76. The Morgan fingerprint density at radius 2 is 1.94 bits per heavy atom. The minimum Gasteiger partial charge on any atom is -0.465 e. The van der Waals surface area contributed by atoms with E-state index in [1.165, 1.54) is 5.01 Å². The van der Waals surface area contributed by atoms with Gasteiger partial charge in [0.15, 0.2) is 0 Å². The molecule has 33 heavy (non-hydrogen) atoms. The molecule has 10 heteroatoms. The zero-order valence-electron chi connectivity index (χ0n) is 18.2. The minimum atomic E-state index is -1.14. The maximum atomic E-state index is 12.9. The van der Waals surface area contributed by atoms with E-state index in [-0.39, 0.29) is 31.3 Å². The first-order valence-corrected chi connectivity index (χ1v) is 10.8. The molecule has 2 heterocycles. The van der Waals surface area contributed by atoms with Gasteiger partial charge in [0.2, 0.25) is 5.91 Å². The third-order valence-corrected chi connectivity index (χ3v) is 5.57. The fraction of sp³-hybridized carbons (Fsp3) is 0.304. The molecule has 0 saturated heterocycles. The third kappa shape index (κ3) is 7.03. The first-order chi connectivity index (χ1) is 15.8. The topological polar surface area (TPSA) is 124 Å². The molecule has 0 atom stereocenters. The summed E-state index contributed by atoms with van der Waals surface area (Å²) in [5, 5.41) is 16.0. The summed E-state index contributed by atoms with van der Waals surface area (Å²) in [6.07, 6.45) is 2.91. The maximum absolute atomic E-state index is 12.9. The molecule has 0 bridgehead atoms. The normalized spacial score (nSPS) is 13.8. The van der Waals surface area contributed by atoms with Crippen molar-refractivity contribution in [2.24, 2.45) is 0 Å². The molecule has 3 amide bonds. The Morgan fingerprint density at radius 3 is 2.67 bits per heavy atom. The first kappa shape index (κ1) is 24.2. The van der Waals surface area contributed by atoms with Crippen LogP contribution in [-0.2, 0) is 29.2 Å². The number of nitrogens with zero attached hydrogens (tertiary/aromatic N) is 2. The highest BCUT2D eigenvalue weighted by molar-refractivity contribution is 6.30. The van der Waals surface area contributed by atoms with E-state index in [0.717, 1.165) is 11.1 Å². The van der Waals surface area contributed by atoms with Crippen LogP contribution in [0.1, 0.15) is 36.5 Å². The molecule has 1 aliphatic rings. The number of hydrazine groups is 1. The van der Waals surface area contributed by atoms with Crippen LogP contribution in [0.25, 0.3) is 0 Å². The van der Waals surface area contributed by atoms with Crippen molar-refractivity contribution in [2.45, 2.75) is 39.4 Å². The minimum absolute atomic E-state index is 0.0426. The molecule has 0 radical (unpaired) electrons. The largest absolute Gasteiger partial charge is 0.465 e. The van der Waals surface area contributed by atoms with E-state index < -0.39 is 6.09 Å². The van der Waals surface area contributed by atoms with Crippen molar-refractivity contribution in [1.29, 1.82) is 0 Å². The molecule has 9 nitrogen and oxygen atoms in total. The van der Waals surface area contributed by atoms with Crippen molar-refractivity contribution in [3.05, 3.63) is 75.6 Å². The lowest BCUT2D eigenvalue weighted by Gasteiger charge is -2.30. The second-order valence-electron chi connectivity index (χ2n) is 7.69. The number of hydrogen-bond donors (Lipinski definition) is 4. The SMILES string of the molecule is CC1=C(CC(=O)NCc2cc(Cl)ccc2CNC(=O)O)C(=O)N(NCc2cccnc2)CC1. The number of aromatic nitrogens is 1. The van der Waals surface area contributed by atoms with Crippen LogP contribution in [0, 0.1) is 0 Å². The molecule has 0 spiro atoms. The molecule has 0 fully saturated rings. The van der Waals surface area contributed by atoms with E-state index in [9.17, 15) is 14.4 Å². The van der Waals surface area contributed by atoms with Crippen molar-refractivity contribution >= 4 is 29.5 Å². The fourth-order valence-corrected chi connectivity index (χ4v) is 3.66. The summed E-state index contributed by atoms with van der Waals surface area (Å²) in [5.41, 5.74) is 6.83. The van der Waals surface area contributed by atoms with Gasteiger partial charge in [0, 0.05) is 49.2 Å². The average Bonchev–Trinajstić information content (AvgIpc) is 2.80. The molecule has 3 rings (SSSR count). The molecular formula is C23H26ClN5O4. The number of carbonyl (C=O) groups excluding carboxylic acids is 2. The van der Waals surface area contributed by atoms with Crippen LogP contribution in [0.2, 0.25) is 5.02 Å². The van der Waals surface area contributed by atoms with Gasteiger partial charge in [-0.2, -0.15) is 0 Å². The van der Waals surface area contributed by atoms with Crippen LogP contribution in [0.3, 0.4) is 0 Å². The average molecular weight is 472 g/mol. The van der Waals surface area contributed by atoms with Gasteiger partial charge in [0.25, 0.3) is 5.91 Å². The maximum Gasteiger partial charge on any atom is 0.404 e. The van der Waals surface area contributed by atoms with Crippen LogP contribution in [0.4, 0.5) is 4.79 Å². The highest BCUT2D eigenvalue weighted by Crippen LogP contribution is 2.21. The van der Waals surface area contributed by atoms with E-state index in [1.807, 2.05) is 19.1 Å². The Balaban J connectivity index is 1.58. The summed E-state index contributed by atoms with van der Waals surface area (Å²) in [4.78, 5) is 40.4. The fourth-order valence-electron chi connectivity index (χ4n) is 3.46. The Hall–Kier alpha value is -3.43. The number of carbonyl (C=O) groups is 3. The molecule has 0 aliphatic carbocycles. The van der Waals surface area contributed by atoms with Crippen molar-refractivity contribution in [3.8, 4) is 0 Å². The van der Waals surface area contributed by atoms with Crippen molar-refractivity contribution in [3.63, 3.8) is 0 Å². The lowest BCUT2D eigenvalue weighted by Crippen LogP contribution is -2.46. The summed E-state index contributed by atoms with van der Waals surface area (Å²) >= 11 is 6.06. The van der Waals surface area contributed by atoms with Gasteiger partial charge in [-0.1, -0.05) is 29.3 Å². The Kier molecular flexibility index (Phi) is 8.39. The number of carboxylic acid groups (broad SMARTS) is 1. The second-order valence-corrected chi connectivity index (χ2v) is 8.12. The van der Waals surface area contributed by atoms with E-state index in [4.69, 9.17) is 16.7 Å². The Bertz CT molecular complexity index is 1060. The van der Waals surface area contributed by atoms with Crippen LogP contribution in [0.5, 0.6) is 0 Å². The van der Waals surface area contributed by atoms with Crippen molar-refractivity contribution in [1.82, 2.24) is 26.1 Å². The predicted molar refractivity (Wildman–Crippen MR) is 123 cm³/mol. The summed E-state index contributed by atoms with van der Waals surface area (Å²) in [6.45, 7) is 3.11. The zero-order valence-corrected chi connectivity index (χ0v) is 19.0. The van der Waals surface area contributed by atoms with E-state index in [1.54, 1.807) is 30.6 Å². The monoisotopic (exact) mass is 471 g/mol. The zero-order chi connectivity index (χ0) is 23.8. The number of rotatable bonds is 9. The van der Waals surface area contributed by atoms with Crippen LogP contribution in [0.15, 0.2) is 53.9 Å². The van der Waals surface area contributed by atoms with Crippen molar-refractivity contribution in [2.75, 3.05) is 6.54 Å². The lowest BCUT2D eigenvalue weighted by molar-refractivity contribution is -0.132. The smallest absolute Gasteiger partial charge is 0.404 e. The van der Waals surface area contributed by atoms with Gasteiger partial charge >= 0.3 is 6.09 Å². The lowest BCUT2D eigenvalue weighted by atomic mass is 9.98. The third-order valence-electron chi connectivity index (χ3n) is 5.34. The molecule has 0 saturated carbocycles. The van der Waals surface area contributed by atoms with Gasteiger partial charge in [-0.15, -0.1) is 0 Å². The van der Waals surface area contributed by atoms with Gasteiger partial charge in [0.1, 0.15) is 0 Å². The van der Waals surface area contributed by atoms with Gasteiger partial charge < -0.3 is 15.7 Å². The highest BCUT2D eigenvalue weighted by Gasteiger charge is 2.26. The molecule has 1 aliphatic heterocycles. The van der Waals surface area contributed by atoms with Gasteiger partial charge in [0.05, 0.1) is 6.42 Å². The standard InChI is InChI=1S/C23H26ClN5O4/c1-15-6-8-29(28-12-16-3-2-7-25-11-16)22(31)20(15)10-21(30)26-14-18-9-19(24)5-4-17(18)13-27-23(32)33/h2-5,7,9,11,27-28H,6,8,10,12-14H2,1H3,(H,26,30)(H,32,33). The van der Waals surface area contributed by atoms with Gasteiger partial charge in [-0.25, -0.2) is 10.2 Å². The van der Waals surface area contributed by atoms with Crippen LogP contribution < -0.4 is 16.1 Å². The summed E-state index contributed by atoms with van der Waals surface area (Å²) < 4.78 is 0. The summed E-state index contributed by atoms with van der Waals surface area (Å²) in [5.74, 6) is -0.518. The van der Waals surface area contributed by atoms with Crippen LogP contribution in [-0.4, -0.2) is 39.6 Å². The number of halogens is 1. The number of benzene rings is 1. The molecule has 2 aromatic rings. The van der Waals surface area contributed by atoms with E-state index >= 15 is 0 Å². The van der Waals surface area contributed by atoms with Gasteiger partial charge in [-0.05, 0) is 48.2 Å². The quantitative estimate of drug-likeness (QED) is 0.446. The highest BCUT2D eigenvalue weighted by atomic mass is 35.5. The first-order valence-electron chi connectivity index (χ1n) is 10.5. The van der Waals surface area contributed by atoms with Crippen molar-refractivity contribution < 1.29 is 19.5 Å². The van der Waals surface area contributed by atoms with E-state index in [0.29, 0.717) is 41.2 Å². The molecule has 4 N–H and O–H groups in total. The number of hydrogen-bond acceptors (Lipinski definition) is 5. The van der Waals surface area contributed by atoms with E-state index in [2.05, 4.69) is 21.0 Å². The molecular weight excluding hydrogens is 446 g/mol. The number of amides is 3. The summed E-state index contributed by atoms with van der Waals surface area (Å²) in [7, 11) is 0. The summed E-state index contributed by atoms with van der Waals surface area (Å²) in [6, 6.07) is 8.80. The molecule has 0 unspecified atom stereocenters. The molecule has 1 aromatic carbocycles. The Labute approximate surface area is 196 Å². The van der Waals surface area contributed by atoms with Gasteiger partial charge in [-0.3, -0.25) is 19.6 Å². The number of pyridine rings is 1. The van der Waals surface area contributed by atoms with Crippen LogP contribution >= 0.6 is 11.6 Å².